The van der Waals surface area contributed by atoms with Crippen LogP contribution in [-0.4, -0.2) is 35.2 Å². The van der Waals surface area contributed by atoms with Crippen LogP contribution < -0.4 is 5.73 Å². The van der Waals surface area contributed by atoms with Crippen LogP contribution in [0, 0.1) is 5.92 Å². The van der Waals surface area contributed by atoms with Gasteiger partial charge in [-0.05, 0) is 33.1 Å². The third-order valence-corrected chi connectivity index (χ3v) is 2.88. The maximum absolute atomic E-state index is 11.7. The minimum atomic E-state index is -0.409. The summed E-state index contributed by atoms with van der Waals surface area (Å²) in [5, 5.41) is 0. The molecule has 1 aliphatic heterocycles. The van der Waals surface area contributed by atoms with Crippen molar-refractivity contribution in [1.82, 2.24) is 4.90 Å². The van der Waals surface area contributed by atoms with Crippen LogP contribution in [0.2, 0.25) is 0 Å². The van der Waals surface area contributed by atoms with E-state index in [9.17, 15) is 4.79 Å². The normalized spacial score (nSPS) is 35.4. The van der Waals surface area contributed by atoms with Gasteiger partial charge in [0.2, 0.25) is 0 Å². The fraction of sp³-hybridized carbons (Fsp3) is 0.900. The molecule has 2 fully saturated rings. The molecule has 0 radical (unpaired) electrons. The Morgan fingerprint density at radius 3 is 2.57 bits per heavy atom. The van der Waals surface area contributed by atoms with Gasteiger partial charge in [-0.2, -0.15) is 0 Å². The Labute approximate surface area is 84.4 Å². The van der Waals surface area contributed by atoms with Gasteiger partial charge in [0.05, 0.1) is 6.04 Å². The monoisotopic (exact) mass is 198 g/mol. The van der Waals surface area contributed by atoms with Crippen LogP contribution in [0.15, 0.2) is 0 Å². The number of carbonyl (C=O) groups excluding carboxylic acids is 1. The maximum Gasteiger partial charge on any atom is 0.410 e. The van der Waals surface area contributed by atoms with Crippen molar-refractivity contribution >= 4 is 6.09 Å². The Morgan fingerprint density at radius 2 is 2.14 bits per heavy atom. The highest BCUT2D eigenvalue weighted by Crippen LogP contribution is 2.43. The van der Waals surface area contributed by atoms with E-state index in [1.165, 1.54) is 0 Å². The van der Waals surface area contributed by atoms with Crippen LogP contribution in [0.5, 0.6) is 0 Å². The van der Waals surface area contributed by atoms with E-state index in [1.54, 1.807) is 4.90 Å². The first kappa shape index (κ1) is 9.77. The molecular formula is C10H18N2O2. The summed E-state index contributed by atoms with van der Waals surface area (Å²) < 4.78 is 5.30. The quantitative estimate of drug-likeness (QED) is 0.630. The van der Waals surface area contributed by atoms with Gasteiger partial charge in [-0.3, -0.25) is 0 Å². The summed E-state index contributed by atoms with van der Waals surface area (Å²) in [6.07, 6.45) is 0.823. The van der Waals surface area contributed by atoms with Crippen molar-refractivity contribution in [3.05, 3.63) is 0 Å². The highest BCUT2D eigenvalue weighted by molar-refractivity contribution is 5.70. The molecule has 2 N–H and O–H groups in total. The van der Waals surface area contributed by atoms with Gasteiger partial charge in [-0.1, -0.05) is 0 Å². The molecule has 4 heteroatoms. The van der Waals surface area contributed by atoms with Crippen LogP contribution in [0.1, 0.15) is 27.2 Å². The predicted molar refractivity (Wildman–Crippen MR) is 52.8 cm³/mol. The Kier molecular flexibility index (Phi) is 2.00. The summed E-state index contributed by atoms with van der Waals surface area (Å²) in [7, 11) is 0. The molecule has 4 nitrogen and oxygen atoms in total. The van der Waals surface area contributed by atoms with E-state index in [2.05, 4.69) is 0 Å². The lowest BCUT2D eigenvalue weighted by Crippen LogP contribution is -2.39. The van der Waals surface area contributed by atoms with Crippen molar-refractivity contribution < 1.29 is 9.53 Å². The Hall–Kier alpha value is -0.770. The van der Waals surface area contributed by atoms with E-state index in [4.69, 9.17) is 10.5 Å². The molecule has 1 aliphatic carbocycles. The van der Waals surface area contributed by atoms with Gasteiger partial charge in [0.15, 0.2) is 0 Å². The standard InChI is InChI=1S/C10H18N2O2/c1-10(2,3)14-9(13)12-5-4-6-7(11)8(6)12/h6-8H,4-5,11H2,1-3H3/t6-,7?,8-/m1/s1. The van der Waals surface area contributed by atoms with Gasteiger partial charge in [0, 0.05) is 12.6 Å². The number of hydrogen-bond acceptors (Lipinski definition) is 3. The molecule has 14 heavy (non-hydrogen) atoms. The van der Waals surface area contributed by atoms with Crippen LogP contribution >= 0.6 is 0 Å². The summed E-state index contributed by atoms with van der Waals surface area (Å²) in [6, 6.07) is 0.445. The Balaban J connectivity index is 1.93. The van der Waals surface area contributed by atoms with Crippen molar-refractivity contribution in [3.8, 4) is 0 Å². The number of rotatable bonds is 0. The average molecular weight is 198 g/mol. The largest absolute Gasteiger partial charge is 0.444 e. The highest BCUT2D eigenvalue weighted by atomic mass is 16.6. The van der Waals surface area contributed by atoms with Crippen molar-refractivity contribution in [2.24, 2.45) is 11.7 Å². The zero-order valence-electron chi connectivity index (χ0n) is 8.99. The fourth-order valence-electron chi connectivity index (χ4n) is 2.15. The van der Waals surface area contributed by atoms with E-state index in [0.29, 0.717) is 5.92 Å². The fourth-order valence-corrected chi connectivity index (χ4v) is 2.15. The lowest BCUT2D eigenvalue weighted by atomic mass is 10.2. The molecule has 0 spiro atoms. The molecule has 0 aromatic carbocycles. The van der Waals surface area contributed by atoms with E-state index >= 15 is 0 Å². The molecule has 0 bridgehead atoms. The first-order chi connectivity index (χ1) is 6.40. The number of amides is 1. The van der Waals surface area contributed by atoms with Crippen LogP contribution in [0.4, 0.5) is 4.79 Å². The van der Waals surface area contributed by atoms with Gasteiger partial charge in [-0.15, -0.1) is 0 Å². The van der Waals surface area contributed by atoms with Crippen molar-refractivity contribution in [2.45, 2.75) is 44.9 Å². The predicted octanol–water partition coefficient (Wildman–Crippen LogP) is 0.953. The molecule has 0 aromatic heterocycles. The van der Waals surface area contributed by atoms with Crippen molar-refractivity contribution in [2.75, 3.05) is 6.54 Å². The van der Waals surface area contributed by atoms with Crippen LogP contribution in [0.25, 0.3) is 0 Å². The van der Waals surface area contributed by atoms with Gasteiger partial charge >= 0.3 is 6.09 Å². The number of hydrogen-bond donors (Lipinski definition) is 1. The molecule has 3 atom stereocenters. The van der Waals surface area contributed by atoms with Crippen molar-refractivity contribution in [1.29, 1.82) is 0 Å². The summed E-state index contributed by atoms with van der Waals surface area (Å²) in [6.45, 7) is 6.44. The Bertz CT molecular complexity index is 259. The third kappa shape index (κ3) is 1.59. The SMILES string of the molecule is CC(C)(C)OC(=O)N1CC[C@@H]2C(N)[C@@H]21. The zero-order chi connectivity index (χ0) is 10.5. The summed E-state index contributed by atoms with van der Waals surface area (Å²) in [5.74, 6) is 0.530. The lowest BCUT2D eigenvalue weighted by Gasteiger charge is -2.25. The summed E-state index contributed by atoms with van der Waals surface area (Å²) in [4.78, 5) is 13.5. The summed E-state index contributed by atoms with van der Waals surface area (Å²) in [5.41, 5.74) is 5.41. The number of nitrogens with zero attached hydrogens (tertiary/aromatic N) is 1. The van der Waals surface area contributed by atoms with Gasteiger partial charge in [-0.25, -0.2) is 4.79 Å². The maximum atomic E-state index is 11.7. The van der Waals surface area contributed by atoms with E-state index in [-0.39, 0.29) is 18.2 Å². The molecular weight excluding hydrogens is 180 g/mol. The number of fused-ring (bicyclic) bond motifs is 1. The highest BCUT2D eigenvalue weighted by Gasteiger charge is 2.57. The third-order valence-electron chi connectivity index (χ3n) is 2.88. The number of nitrogens with two attached hydrogens (primary N) is 1. The molecule has 0 aromatic rings. The second-order valence-corrected chi connectivity index (χ2v) is 5.19. The molecule has 1 saturated carbocycles. The average Bonchev–Trinajstić information content (AvgIpc) is 2.52. The van der Waals surface area contributed by atoms with Gasteiger partial charge in [0.1, 0.15) is 5.60 Å². The summed E-state index contributed by atoms with van der Waals surface area (Å²) >= 11 is 0. The minimum Gasteiger partial charge on any atom is -0.444 e. The van der Waals surface area contributed by atoms with E-state index in [1.807, 2.05) is 20.8 Å². The zero-order valence-corrected chi connectivity index (χ0v) is 8.99. The molecule has 1 saturated heterocycles. The second kappa shape index (κ2) is 2.86. The topological polar surface area (TPSA) is 55.6 Å². The van der Waals surface area contributed by atoms with Gasteiger partial charge < -0.3 is 15.4 Å². The number of piperidine rings is 1. The second-order valence-electron chi connectivity index (χ2n) is 5.19. The molecule has 1 unspecified atom stereocenters. The van der Waals surface area contributed by atoms with E-state index < -0.39 is 5.60 Å². The van der Waals surface area contributed by atoms with Crippen molar-refractivity contribution in [3.63, 3.8) is 0 Å². The lowest BCUT2D eigenvalue weighted by molar-refractivity contribution is 0.0260. The molecule has 2 rings (SSSR count). The van der Waals surface area contributed by atoms with E-state index in [0.717, 1.165) is 13.0 Å². The molecule has 1 amide bonds. The number of carbonyl (C=O) groups is 1. The molecule has 80 valence electrons. The number of ether oxygens (including phenoxy) is 1. The minimum absolute atomic E-state index is 0.191. The first-order valence-electron chi connectivity index (χ1n) is 5.15. The molecule has 2 aliphatic rings. The smallest absolute Gasteiger partial charge is 0.410 e. The van der Waals surface area contributed by atoms with Gasteiger partial charge in [0.25, 0.3) is 0 Å². The first-order valence-corrected chi connectivity index (χ1v) is 5.15. The Morgan fingerprint density at radius 1 is 1.50 bits per heavy atom. The number of likely N-dealkylation sites (tertiary alicyclic amines) is 1. The van der Waals surface area contributed by atoms with Crippen LogP contribution in [-0.2, 0) is 4.74 Å². The van der Waals surface area contributed by atoms with Crippen LogP contribution in [0.3, 0.4) is 0 Å². The molecule has 1 heterocycles.